The van der Waals surface area contributed by atoms with Crippen molar-refractivity contribution in [3.8, 4) is 6.01 Å². The minimum absolute atomic E-state index is 0.150. The second-order valence-corrected chi connectivity index (χ2v) is 3.48. The van der Waals surface area contributed by atoms with E-state index in [1.54, 1.807) is 0 Å². The van der Waals surface area contributed by atoms with E-state index in [1.165, 1.54) is 0 Å². The number of hydrogen-bond donors (Lipinski definition) is 1. The molecule has 0 amide bonds. The van der Waals surface area contributed by atoms with Gasteiger partial charge in [0.1, 0.15) is 6.61 Å². The molecule has 0 aliphatic rings. The van der Waals surface area contributed by atoms with Crippen molar-refractivity contribution < 1.29 is 9.13 Å². The van der Waals surface area contributed by atoms with E-state index in [9.17, 15) is 4.39 Å². The zero-order valence-electron chi connectivity index (χ0n) is 8.33. The maximum Gasteiger partial charge on any atom is 0.316 e. The fraction of sp³-hybridized carbons (Fsp3) is 0.556. The number of halogens is 1. The van der Waals surface area contributed by atoms with Gasteiger partial charge in [-0.25, -0.2) is 14.4 Å². The van der Waals surface area contributed by atoms with Crippen LogP contribution in [0.15, 0.2) is 12.4 Å². The zero-order chi connectivity index (χ0) is 10.6. The molecule has 1 atom stereocenters. The van der Waals surface area contributed by atoms with Crippen molar-refractivity contribution >= 4 is 0 Å². The molecule has 1 unspecified atom stereocenters. The predicted octanol–water partition coefficient (Wildman–Crippen LogP) is 1.12. The third-order valence-electron chi connectivity index (χ3n) is 1.94. The van der Waals surface area contributed by atoms with Crippen molar-refractivity contribution in [3.05, 3.63) is 18.2 Å². The Hall–Kier alpha value is -1.23. The Morgan fingerprint density at radius 1 is 1.50 bits per heavy atom. The Morgan fingerprint density at radius 3 is 2.57 bits per heavy atom. The van der Waals surface area contributed by atoms with Crippen molar-refractivity contribution in [3.63, 3.8) is 0 Å². The highest BCUT2D eigenvalue weighted by molar-refractivity contribution is 4.96. The van der Waals surface area contributed by atoms with Gasteiger partial charge in [-0.1, -0.05) is 6.92 Å². The van der Waals surface area contributed by atoms with Crippen LogP contribution in [-0.4, -0.2) is 22.1 Å². The molecule has 1 aromatic rings. The van der Waals surface area contributed by atoms with Crippen LogP contribution < -0.4 is 10.5 Å². The lowest BCUT2D eigenvalue weighted by molar-refractivity contribution is 0.210. The molecule has 0 saturated carbocycles. The van der Waals surface area contributed by atoms with E-state index >= 15 is 0 Å². The quantitative estimate of drug-likeness (QED) is 0.789. The van der Waals surface area contributed by atoms with Gasteiger partial charge in [0.15, 0.2) is 5.82 Å². The average molecular weight is 199 g/mol. The Bertz CT molecular complexity index is 287. The number of hydrogen-bond acceptors (Lipinski definition) is 4. The molecule has 0 bridgehead atoms. The molecule has 0 saturated heterocycles. The molecule has 0 radical (unpaired) electrons. The van der Waals surface area contributed by atoms with Gasteiger partial charge in [0.2, 0.25) is 0 Å². The van der Waals surface area contributed by atoms with Crippen molar-refractivity contribution in [1.82, 2.24) is 9.97 Å². The van der Waals surface area contributed by atoms with Gasteiger partial charge in [0, 0.05) is 5.54 Å². The molecule has 0 aliphatic carbocycles. The number of rotatable bonds is 4. The lowest BCUT2D eigenvalue weighted by Gasteiger charge is -2.21. The minimum Gasteiger partial charge on any atom is -0.462 e. The molecule has 78 valence electrons. The molecule has 1 rings (SSSR count). The number of nitrogens with two attached hydrogens (primary N) is 1. The Balaban J connectivity index is 2.50. The standard InChI is InChI=1S/C9H14FN3O/c1-3-9(2,11)6-14-8-12-4-7(10)5-13-8/h4-5H,3,6,11H2,1-2H3. The second kappa shape index (κ2) is 4.32. The Morgan fingerprint density at radius 2 is 2.07 bits per heavy atom. The summed E-state index contributed by atoms with van der Waals surface area (Å²) in [7, 11) is 0. The van der Waals surface area contributed by atoms with E-state index < -0.39 is 11.4 Å². The zero-order valence-corrected chi connectivity index (χ0v) is 8.33. The fourth-order valence-corrected chi connectivity index (χ4v) is 0.706. The first-order valence-electron chi connectivity index (χ1n) is 4.43. The van der Waals surface area contributed by atoms with Crippen molar-refractivity contribution in [2.24, 2.45) is 5.73 Å². The van der Waals surface area contributed by atoms with Crippen LogP contribution in [0.1, 0.15) is 20.3 Å². The van der Waals surface area contributed by atoms with E-state index in [0.29, 0.717) is 6.61 Å². The highest BCUT2D eigenvalue weighted by Crippen LogP contribution is 2.08. The van der Waals surface area contributed by atoms with E-state index in [1.807, 2.05) is 13.8 Å². The summed E-state index contributed by atoms with van der Waals surface area (Å²) < 4.78 is 17.6. The number of ether oxygens (including phenoxy) is 1. The molecular weight excluding hydrogens is 185 g/mol. The summed E-state index contributed by atoms with van der Waals surface area (Å²) >= 11 is 0. The summed E-state index contributed by atoms with van der Waals surface area (Å²) in [5, 5.41) is 0. The summed E-state index contributed by atoms with van der Waals surface area (Å²) in [6.07, 6.45) is 2.90. The molecular formula is C9H14FN3O. The van der Waals surface area contributed by atoms with Crippen LogP contribution in [0.2, 0.25) is 0 Å². The Labute approximate surface area is 82.3 Å². The van der Waals surface area contributed by atoms with Crippen LogP contribution in [-0.2, 0) is 0 Å². The topological polar surface area (TPSA) is 61.0 Å². The van der Waals surface area contributed by atoms with Crippen LogP contribution in [0.5, 0.6) is 6.01 Å². The van der Waals surface area contributed by atoms with Crippen LogP contribution in [0, 0.1) is 5.82 Å². The molecule has 2 N–H and O–H groups in total. The van der Waals surface area contributed by atoms with Crippen molar-refractivity contribution in [2.45, 2.75) is 25.8 Å². The molecule has 1 aromatic heterocycles. The normalized spacial score (nSPS) is 14.9. The van der Waals surface area contributed by atoms with E-state index in [2.05, 4.69) is 9.97 Å². The van der Waals surface area contributed by atoms with Gasteiger partial charge < -0.3 is 10.5 Å². The van der Waals surface area contributed by atoms with Gasteiger partial charge in [-0.2, -0.15) is 0 Å². The molecule has 5 heteroatoms. The highest BCUT2D eigenvalue weighted by Gasteiger charge is 2.16. The van der Waals surface area contributed by atoms with Gasteiger partial charge >= 0.3 is 6.01 Å². The van der Waals surface area contributed by atoms with E-state index in [-0.39, 0.29) is 6.01 Å². The third kappa shape index (κ3) is 3.26. The number of aromatic nitrogens is 2. The summed E-state index contributed by atoms with van der Waals surface area (Å²) in [6, 6.07) is 0.150. The van der Waals surface area contributed by atoms with Gasteiger partial charge in [0.05, 0.1) is 12.4 Å². The molecule has 14 heavy (non-hydrogen) atoms. The minimum atomic E-state index is -0.483. The monoisotopic (exact) mass is 199 g/mol. The average Bonchev–Trinajstić information content (AvgIpc) is 2.17. The number of nitrogens with zero attached hydrogens (tertiary/aromatic N) is 2. The maximum absolute atomic E-state index is 12.4. The first-order chi connectivity index (χ1) is 6.53. The fourth-order valence-electron chi connectivity index (χ4n) is 0.706. The first-order valence-corrected chi connectivity index (χ1v) is 4.43. The SMILES string of the molecule is CCC(C)(N)COc1ncc(F)cn1. The molecule has 4 nitrogen and oxygen atoms in total. The first kappa shape index (κ1) is 10.8. The van der Waals surface area contributed by atoms with Crippen molar-refractivity contribution in [1.29, 1.82) is 0 Å². The van der Waals surface area contributed by atoms with Crippen LogP contribution >= 0.6 is 0 Å². The van der Waals surface area contributed by atoms with E-state index in [0.717, 1.165) is 18.8 Å². The molecule has 0 aromatic carbocycles. The highest BCUT2D eigenvalue weighted by atomic mass is 19.1. The smallest absolute Gasteiger partial charge is 0.316 e. The largest absolute Gasteiger partial charge is 0.462 e. The molecule has 0 aliphatic heterocycles. The van der Waals surface area contributed by atoms with E-state index in [4.69, 9.17) is 10.5 Å². The summed E-state index contributed by atoms with van der Waals surface area (Å²) in [5.74, 6) is -0.483. The van der Waals surface area contributed by atoms with Gasteiger partial charge in [-0.3, -0.25) is 0 Å². The lowest BCUT2D eigenvalue weighted by Crippen LogP contribution is -2.41. The maximum atomic E-state index is 12.4. The summed E-state index contributed by atoms with van der Waals surface area (Å²) in [6.45, 7) is 4.15. The third-order valence-corrected chi connectivity index (χ3v) is 1.94. The molecule has 0 fully saturated rings. The summed E-state index contributed by atoms with van der Waals surface area (Å²) in [4.78, 5) is 7.30. The van der Waals surface area contributed by atoms with Gasteiger partial charge in [-0.15, -0.1) is 0 Å². The van der Waals surface area contributed by atoms with Crippen LogP contribution in [0.25, 0.3) is 0 Å². The van der Waals surface area contributed by atoms with Gasteiger partial charge in [0.25, 0.3) is 0 Å². The Kier molecular flexibility index (Phi) is 3.35. The van der Waals surface area contributed by atoms with Crippen LogP contribution in [0.4, 0.5) is 4.39 Å². The van der Waals surface area contributed by atoms with Crippen molar-refractivity contribution in [2.75, 3.05) is 6.61 Å². The second-order valence-electron chi connectivity index (χ2n) is 3.48. The molecule has 0 spiro atoms. The van der Waals surface area contributed by atoms with Crippen LogP contribution in [0.3, 0.4) is 0 Å². The lowest BCUT2D eigenvalue weighted by atomic mass is 10.0. The molecule has 1 heterocycles. The predicted molar refractivity (Wildman–Crippen MR) is 50.4 cm³/mol. The summed E-state index contributed by atoms with van der Waals surface area (Å²) in [5.41, 5.74) is 5.43. The van der Waals surface area contributed by atoms with Gasteiger partial charge in [-0.05, 0) is 13.3 Å².